The molecule has 1 aromatic heterocycles. The summed E-state index contributed by atoms with van der Waals surface area (Å²) < 4.78 is 5.86. The molecule has 1 unspecified atom stereocenters. The fourth-order valence-electron chi connectivity index (χ4n) is 2.19. The SMILES string of the molecule is C=C(C)CCN1CCOC(c2ccnc(N(C)C)n2)C1. The number of morpholine rings is 1. The lowest BCUT2D eigenvalue weighted by molar-refractivity contribution is -0.0316. The molecule has 0 saturated carbocycles. The fourth-order valence-corrected chi connectivity index (χ4v) is 2.19. The summed E-state index contributed by atoms with van der Waals surface area (Å²) in [5.74, 6) is 0.727. The second kappa shape index (κ2) is 6.81. The van der Waals surface area contributed by atoms with Gasteiger partial charge in [0.05, 0.1) is 12.3 Å². The van der Waals surface area contributed by atoms with Crippen LogP contribution in [0.1, 0.15) is 25.1 Å². The Morgan fingerprint density at radius 1 is 1.55 bits per heavy atom. The predicted octanol–water partition coefficient (Wildman–Crippen LogP) is 1.88. The van der Waals surface area contributed by atoms with Crippen molar-refractivity contribution in [2.45, 2.75) is 19.4 Å². The third-order valence-electron chi connectivity index (χ3n) is 3.40. The molecular weight excluding hydrogens is 252 g/mol. The molecule has 1 aromatic rings. The smallest absolute Gasteiger partial charge is 0.225 e. The summed E-state index contributed by atoms with van der Waals surface area (Å²) in [5, 5.41) is 0. The molecule has 0 spiro atoms. The van der Waals surface area contributed by atoms with Gasteiger partial charge in [-0.1, -0.05) is 5.57 Å². The molecule has 0 N–H and O–H groups in total. The molecule has 1 atom stereocenters. The summed E-state index contributed by atoms with van der Waals surface area (Å²) in [6.07, 6.45) is 2.88. The Kier molecular flexibility index (Phi) is 5.09. The maximum absolute atomic E-state index is 5.86. The average molecular weight is 276 g/mol. The molecule has 20 heavy (non-hydrogen) atoms. The summed E-state index contributed by atoms with van der Waals surface area (Å²) in [6.45, 7) is 9.70. The van der Waals surface area contributed by atoms with Crippen LogP contribution >= 0.6 is 0 Å². The van der Waals surface area contributed by atoms with Gasteiger partial charge in [0, 0.05) is 39.9 Å². The van der Waals surface area contributed by atoms with E-state index in [-0.39, 0.29) is 6.10 Å². The minimum atomic E-state index is 0.0376. The predicted molar refractivity (Wildman–Crippen MR) is 80.9 cm³/mol. The second-order valence-corrected chi connectivity index (χ2v) is 5.54. The molecule has 0 aromatic carbocycles. The molecule has 0 radical (unpaired) electrons. The van der Waals surface area contributed by atoms with E-state index < -0.39 is 0 Å². The lowest BCUT2D eigenvalue weighted by atomic mass is 10.1. The molecule has 0 bridgehead atoms. The molecule has 0 amide bonds. The third kappa shape index (κ3) is 4.02. The Bertz CT molecular complexity index is 461. The first-order valence-corrected chi connectivity index (χ1v) is 7.05. The summed E-state index contributed by atoms with van der Waals surface area (Å²) in [7, 11) is 3.89. The van der Waals surface area contributed by atoms with Crippen LogP contribution in [-0.4, -0.2) is 55.2 Å². The van der Waals surface area contributed by atoms with Gasteiger partial charge in [0.1, 0.15) is 6.10 Å². The first kappa shape index (κ1) is 14.9. The van der Waals surface area contributed by atoms with Crippen molar-refractivity contribution >= 4 is 5.95 Å². The lowest BCUT2D eigenvalue weighted by Gasteiger charge is -2.32. The molecule has 0 aliphatic carbocycles. The second-order valence-electron chi connectivity index (χ2n) is 5.54. The number of nitrogens with zero attached hydrogens (tertiary/aromatic N) is 4. The van der Waals surface area contributed by atoms with Crippen molar-refractivity contribution in [1.82, 2.24) is 14.9 Å². The summed E-state index contributed by atoms with van der Waals surface area (Å²) in [6, 6.07) is 1.94. The summed E-state index contributed by atoms with van der Waals surface area (Å²) in [4.78, 5) is 13.1. The van der Waals surface area contributed by atoms with Crippen molar-refractivity contribution in [3.8, 4) is 0 Å². The fraction of sp³-hybridized carbons (Fsp3) is 0.600. The van der Waals surface area contributed by atoms with E-state index in [1.54, 1.807) is 6.20 Å². The van der Waals surface area contributed by atoms with E-state index in [0.717, 1.165) is 44.3 Å². The van der Waals surface area contributed by atoms with Gasteiger partial charge in [0.2, 0.25) is 5.95 Å². The van der Waals surface area contributed by atoms with Gasteiger partial charge in [-0.3, -0.25) is 4.90 Å². The van der Waals surface area contributed by atoms with Crippen LogP contribution in [0, 0.1) is 0 Å². The van der Waals surface area contributed by atoms with E-state index in [4.69, 9.17) is 4.74 Å². The highest BCUT2D eigenvalue weighted by Crippen LogP contribution is 2.21. The zero-order chi connectivity index (χ0) is 14.5. The summed E-state index contributed by atoms with van der Waals surface area (Å²) >= 11 is 0. The maximum atomic E-state index is 5.86. The Balaban J connectivity index is 2.01. The number of aromatic nitrogens is 2. The van der Waals surface area contributed by atoms with Gasteiger partial charge in [-0.05, 0) is 19.4 Å². The van der Waals surface area contributed by atoms with E-state index in [0.29, 0.717) is 0 Å². The minimum Gasteiger partial charge on any atom is -0.369 e. The quantitative estimate of drug-likeness (QED) is 0.768. The van der Waals surface area contributed by atoms with Crippen LogP contribution in [0.4, 0.5) is 5.95 Å². The molecule has 1 aliphatic heterocycles. The normalized spacial score (nSPS) is 19.9. The molecule has 2 heterocycles. The summed E-state index contributed by atoms with van der Waals surface area (Å²) in [5.41, 5.74) is 2.19. The van der Waals surface area contributed by atoms with Crippen LogP contribution in [0.3, 0.4) is 0 Å². The van der Waals surface area contributed by atoms with Crippen LogP contribution in [0.2, 0.25) is 0 Å². The van der Waals surface area contributed by atoms with Crippen LogP contribution in [-0.2, 0) is 4.74 Å². The zero-order valence-electron chi connectivity index (χ0n) is 12.7. The molecule has 1 aliphatic rings. The average Bonchev–Trinajstić information content (AvgIpc) is 2.45. The van der Waals surface area contributed by atoms with Gasteiger partial charge in [0.25, 0.3) is 0 Å². The van der Waals surface area contributed by atoms with Crippen LogP contribution in [0.5, 0.6) is 0 Å². The molecule has 2 rings (SSSR count). The minimum absolute atomic E-state index is 0.0376. The topological polar surface area (TPSA) is 41.5 Å². The largest absolute Gasteiger partial charge is 0.369 e. The van der Waals surface area contributed by atoms with Gasteiger partial charge in [0.15, 0.2) is 0 Å². The first-order chi connectivity index (χ1) is 9.56. The number of ether oxygens (including phenoxy) is 1. The van der Waals surface area contributed by atoms with Gasteiger partial charge < -0.3 is 9.64 Å². The number of anilines is 1. The number of hydrogen-bond donors (Lipinski definition) is 0. The Hall–Kier alpha value is -1.46. The maximum Gasteiger partial charge on any atom is 0.225 e. The van der Waals surface area contributed by atoms with Crippen molar-refractivity contribution < 1.29 is 4.74 Å². The van der Waals surface area contributed by atoms with Crippen LogP contribution in [0.25, 0.3) is 0 Å². The monoisotopic (exact) mass is 276 g/mol. The molecule has 1 fully saturated rings. The number of hydrogen-bond acceptors (Lipinski definition) is 5. The van der Waals surface area contributed by atoms with Crippen molar-refractivity contribution in [1.29, 1.82) is 0 Å². The molecular formula is C15H24N4O. The Labute approximate surface area is 121 Å². The van der Waals surface area contributed by atoms with Crippen LogP contribution < -0.4 is 4.90 Å². The molecule has 1 saturated heterocycles. The Morgan fingerprint density at radius 3 is 3.05 bits per heavy atom. The van der Waals surface area contributed by atoms with Crippen molar-refractivity contribution in [2.75, 3.05) is 45.2 Å². The van der Waals surface area contributed by atoms with Crippen molar-refractivity contribution in [3.63, 3.8) is 0 Å². The Morgan fingerprint density at radius 2 is 2.35 bits per heavy atom. The van der Waals surface area contributed by atoms with E-state index in [2.05, 4.69) is 28.4 Å². The molecule has 5 heteroatoms. The highest BCUT2D eigenvalue weighted by molar-refractivity contribution is 5.27. The first-order valence-electron chi connectivity index (χ1n) is 7.05. The molecule has 5 nitrogen and oxygen atoms in total. The van der Waals surface area contributed by atoms with Gasteiger partial charge in [-0.25, -0.2) is 9.97 Å². The van der Waals surface area contributed by atoms with Crippen LogP contribution in [0.15, 0.2) is 24.4 Å². The van der Waals surface area contributed by atoms with Gasteiger partial charge in [-0.15, -0.1) is 6.58 Å². The standard InChI is InChI=1S/C15H24N4O/c1-12(2)6-8-19-9-10-20-14(11-19)13-5-7-16-15(17-13)18(3)4/h5,7,14H,1,6,8-11H2,2-4H3. The highest BCUT2D eigenvalue weighted by Gasteiger charge is 2.23. The van der Waals surface area contributed by atoms with Gasteiger partial charge in [-0.2, -0.15) is 0 Å². The van der Waals surface area contributed by atoms with Gasteiger partial charge >= 0.3 is 0 Å². The lowest BCUT2D eigenvalue weighted by Crippen LogP contribution is -2.39. The molecule has 110 valence electrons. The van der Waals surface area contributed by atoms with E-state index in [1.165, 1.54) is 5.57 Å². The number of rotatable bonds is 5. The third-order valence-corrected chi connectivity index (χ3v) is 3.40. The highest BCUT2D eigenvalue weighted by atomic mass is 16.5. The van der Waals surface area contributed by atoms with Crippen molar-refractivity contribution in [3.05, 3.63) is 30.1 Å². The van der Waals surface area contributed by atoms with E-state index in [1.807, 2.05) is 25.1 Å². The van der Waals surface area contributed by atoms with Crippen molar-refractivity contribution in [2.24, 2.45) is 0 Å². The zero-order valence-corrected chi connectivity index (χ0v) is 12.7. The van der Waals surface area contributed by atoms with E-state index in [9.17, 15) is 0 Å². The van der Waals surface area contributed by atoms with E-state index >= 15 is 0 Å².